The maximum Gasteiger partial charge on any atom is 0.280 e. The van der Waals surface area contributed by atoms with Gasteiger partial charge < -0.3 is 15.0 Å². The average Bonchev–Trinajstić information content (AvgIpc) is 2.86. The van der Waals surface area contributed by atoms with Crippen LogP contribution >= 0.6 is 0 Å². The first-order valence-electron chi connectivity index (χ1n) is 11.1. The summed E-state index contributed by atoms with van der Waals surface area (Å²) in [6, 6.07) is 16.7. The molecule has 2 aromatic carbocycles. The molecule has 0 saturated heterocycles. The molecule has 0 aliphatic heterocycles. The number of halogens is 2. The van der Waals surface area contributed by atoms with E-state index in [9.17, 15) is 8.78 Å². The number of anilines is 3. The lowest BCUT2D eigenvalue weighted by atomic mass is 10.1. The molecule has 0 amide bonds. The van der Waals surface area contributed by atoms with Gasteiger partial charge in [0.25, 0.3) is 6.43 Å². The minimum Gasteiger partial charge on any atom is -0.496 e. The van der Waals surface area contributed by atoms with Gasteiger partial charge in [-0.3, -0.25) is 0 Å². The summed E-state index contributed by atoms with van der Waals surface area (Å²) in [7, 11) is 3.68. The van der Waals surface area contributed by atoms with Gasteiger partial charge in [-0.05, 0) is 67.4 Å². The molecule has 1 N–H and O–H groups in total. The monoisotopic (exact) mass is 463 g/mol. The zero-order valence-electron chi connectivity index (χ0n) is 19.6. The quantitative estimate of drug-likeness (QED) is 0.335. The largest absolute Gasteiger partial charge is 0.496 e. The Bertz CT molecular complexity index is 1310. The normalized spacial score (nSPS) is 11.1. The molecular formula is C26H27F2N5O. The minimum atomic E-state index is -2.61. The number of aromatic nitrogens is 3. The molecule has 2 heterocycles. The number of benzene rings is 2. The SMILES string of the molecule is CCc1cc(N(C)c2ccc3nc(C)nc(NCc4cccc(C(F)F)n4)c3c2)ccc1OC. The number of pyridine rings is 1. The number of alkyl halides is 2. The molecule has 0 aliphatic carbocycles. The summed E-state index contributed by atoms with van der Waals surface area (Å²) in [5, 5.41) is 4.09. The molecule has 2 aromatic heterocycles. The van der Waals surface area contributed by atoms with Crippen molar-refractivity contribution in [1.29, 1.82) is 0 Å². The third-order valence-electron chi connectivity index (χ3n) is 5.70. The predicted molar refractivity (Wildman–Crippen MR) is 131 cm³/mol. The van der Waals surface area contributed by atoms with E-state index in [1.807, 2.05) is 44.3 Å². The second-order valence-electron chi connectivity index (χ2n) is 7.94. The third-order valence-corrected chi connectivity index (χ3v) is 5.70. The number of fused-ring (bicyclic) bond motifs is 1. The molecular weight excluding hydrogens is 436 g/mol. The molecule has 8 heteroatoms. The van der Waals surface area contributed by atoms with E-state index in [0.29, 0.717) is 17.3 Å². The van der Waals surface area contributed by atoms with Gasteiger partial charge in [-0.1, -0.05) is 13.0 Å². The summed E-state index contributed by atoms with van der Waals surface area (Å²) in [5.74, 6) is 2.12. The van der Waals surface area contributed by atoms with Crippen LogP contribution in [0.3, 0.4) is 0 Å². The van der Waals surface area contributed by atoms with Crippen molar-refractivity contribution >= 4 is 28.1 Å². The number of aryl methyl sites for hydroxylation is 2. The second kappa shape index (κ2) is 9.99. The van der Waals surface area contributed by atoms with Gasteiger partial charge in [0.1, 0.15) is 23.1 Å². The number of nitrogens with zero attached hydrogens (tertiary/aromatic N) is 4. The zero-order valence-corrected chi connectivity index (χ0v) is 19.6. The van der Waals surface area contributed by atoms with E-state index in [0.717, 1.165) is 40.0 Å². The van der Waals surface area contributed by atoms with Crippen molar-refractivity contribution in [2.24, 2.45) is 0 Å². The highest BCUT2D eigenvalue weighted by molar-refractivity contribution is 5.92. The van der Waals surface area contributed by atoms with Crippen LogP contribution in [0, 0.1) is 6.92 Å². The Morgan fingerprint density at radius 1 is 1.00 bits per heavy atom. The van der Waals surface area contributed by atoms with Crippen LogP contribution in [0.25, 0.3) is 10.9 Å². The van der Waals surface area contributed by atoms with Crippen LogP contribution in [-0.4, -0.2) is 29.1 Å². The lowest BCUT2D eigenvalue weighted by Gasteiger charge is -2.22. The number of methoxy groups -OCH3 is 1. The fraction of sp³-hybridized carbons (Fsp3) is 0.269. The molecule has 0 radical (unpaired) electrons. The first-order valence-corrected chi connectivity index (χ1v) is 11.1. The van der Waals surface area contributed by atoms with Crippen molar-refractivity contribution in [3.05, 3.63) is 77.4 Å². The Kier molecular flexibility index (Phi) is 6.86. The van der Waals surface area contributed by atoms with Gasteiger partial charge in [0.05, 0.1) is 24.9 Å². The molecule has 34 heavy (non-hydrogen) atoms. The second-order valence-corrected chi connectivity index (χ2v) is 7.94. The van der Waals surface area contributed by atoms with Crippen LogP contribution < -0.4 is 15.0 Å². The number of nitrogens with one attached hydrogen (secondary N) is 1. The molecule has 0 atom stereocenters. The molecule has 0 unspecified atom stereocenters. The van der Waals surface area contributed by atoms with Crippen LogP contribution in [0.2, 0.25) is 0 Å². The topological polar surface area (TPSA) is 63.2 Å². The lowest BCUT2D eigenvalue weighted by Crippen LogP contribution is -2.11. The van der Waals surface area contributed by atoms with Gasteiger partial charge >= 0.3 is 0 Å². The van der Waals surface area contributed by atoms with Gasteiger partial charge in [-0.15, -0.1) is 0 Å². The van der Waals surface area contributed by atoms with Crippen molar-refractivity contribution in [3.63, 3.8) is 0 Å². The molecule has 176 valence electrons. The fourth-order valence-corrected chi connectivity index (χ4v) is 3.87. The minimum absolute atomic E-state index is 0.238. The van der Waals surface area contributed by atoms with Crippen molar-refractivity contribution in [3.8, 4) is 5.75 Å². The summed E-state index contributed by atoms with van der Waals surface area (Å²) < 4.78 is 31.5. The van der Waals surface area contributed by atoms with Crippen LogP contribution in [-0.2, 0) is 13.0 Å². The van der Waals surface area contributed by atoms with E-state index < -0.39 is 6.43 Å². The highest BCUT2D eigenvalue weighted by Crippen LogP contribution is 2.32. The standard InChI is InChI=1S/C26H27F2N5O/c1-5-17-13-19(10-12-24(17)34-4)33(3)20-9-11-22-21(14-20)26(31-16(2)30-22)29-15-18-7-6-8-23(32-18)25(27)28/h6-14,25H,5,15H2,1-4H3,(H,29,30,31). The van der Waals surface area contributed by atoms with E-state index in [1.54, 1.807) is 19.2 Å². The first-order chi connectivity index (χ1) is 16.4. The van der Waals surface area contributed by atoms with Gasteiger partial charge in [-0.25, -0.2) is 23.7 Å². The van der Waals surface area contributed by atoms with E-state index in [-0.39, 0.29) is 12.2 Å². The first kappa shape index (κ1) is 23.4. The number of rotatable bonds is 8. The molecule has 6 nitrogen and oxygen atoms in total. The highest BCUT2D eigenvalue weighted by atomic mass is 19.3. The molecule has 0 bridgehead atoms. The van der Waals surface area contributed by atoms with Crippen molar-refractivity contribution in [2.45, 2.75) is 33.2 Å². The lowest BCUT2D eigenvalue weighted by molar-refractivity contribution is 0.146. The van der Waals surface area contributed by atoms with Crippen molar-refractivity contribution in [1.82, 2.24) is 15.0 Å². The number of hydrogen-bond donors (Lipinski definition) is 1. The van der Waals surface area contributed by atoms with Gasteiger partial charge in [0.15, 0.2) is 0 Å². The van der Waals surface area contributed by atoms with E-state index >= 15 is 0 Å². The Labute approximate surface area is 197 Å². The van der Waals surface area contributed by atoms with Crippen LogP contribution in [0.4, 0.5) is 26.0 Å². The summed E-state index contributed by atoms with van der Waals surface area (Å²) >= 11 is 0. The molecule has 0 saturated carbocycles. The predicted octanol–water partition coefficient (Wildman–Crippen LogP) is 6.22. The van der Waals surface area contributed by atoms with Gasteiger partial charge in [-0.2, -0.15) is 0 Å². The van der Waals surface area contributed by atoms with Crippen molar-refractivity contribution in [2.75, 3.05) is 24.4 Å². The van der Waals surface area contributed by atoms with E-state index in [4.69, 9.17) is 4.74 Å². The maximum absolute atomic E-state index is 13.0. The summed E-state index contributed by atoms with van der Waals surface area (Å²) in [6.07, 6.45) is -1.74. The molecule has 4 rings (SSSR count). The van der Waals surface area contributed by atoms with Gasteiger partial charge in [0, 0.05) is 23.8 Å². The molecule has 4 aromatic rings. The summed E-state index contributed by atoms with van der Waals surface area (Å²) in [4.78, 5) is 15.2. The molecule has 0 spiro atoms. The maximum atomic E-state index is 13.0. The molecule has 0 fully saturated rings. The fourth-order valence-electron chi connectivity index (χ4n) is 3.87. The summed E-state index contributed by atoms with van der Waals surface area (Å²) in [6.45, 7) is 4.19. The van der Waals surface area contributed by atoms with Crippen molar-refractivity contribution < 1.29 is 13.5 Å². The van der Waals surface area contributed by atoms with E-state index in [2.05, 4.69) is 38.2 Å². The number of hydrogen-bond acceptors (Lipinski definition) is 6. The molecule has 0 aliphatic rings. The number of ether oxygens (including phenoxy) is 1. The summed E-state index contributed by atoms with van der Waals surface area (Å²) in [5.41, 5.74) is 4.21. The van der Waals surface area contributed by atoms with Crippen LogP contribution in [0.5, 0.6) is 5.75 Å². The van der Waals surface area contributed by atoms with Crippen LogP contribution in [0.1, 0.15) is 36.1 Å². The highest BCUT2D eigenvalue weighted by Gasteiger charge is 2.13. The average molecular weight is 464 g/mol. The Morgan fingerprint density at radius 2 is 1.76 bits per heavy atom. The van der Waals surface area contributed by atoms with E-state index in [1.165, 1.54) is 6.07 Å². The Hall–Kier alpha value is -3.81. The third kappa shape index (κ3) is 4.90. The zero-order chi connectivity index (χ0) is 24.2. The Balaban J connectivity index is 1.66. The van der Waals surface area contributed by atoms with Gasteiger partial charge in [0.2, 0.25) is 0 Å². The Morgan fingerprint density at radius 3 is 2.50 bits per heavy atom. The smallest absolute Gasteiger partial charge is 0.280 e. The van der Waals surface area contributed by atoms with Crippen LogP contribution in [0.15, 0.2) is 54.6 Å².